The highest BCUT2D eigenvalue weighted by molar-refractivity contribution is 6.07. The summed E-state index contributed by atoms with van der Waals surface area (Å²) >= 11 is 0. The molecule has 3 N–H and O–H groups in total. The molecule has 0 unspecified atom stereocenters. The number of H-pyrrole nitrogens is 1. The first-order valence-electron chi connectivity index (χ1n) is 8.86. The molecule has 0 bridgehead atoms. The molecule has 0 saturated carbocycles. The number of amides is 2. The van der Waals surface area contributed by atoms with Gasteiger partial charge in [0.1, 0.15) is 5.65 Å². The molecule has 0 aliphatic heterocycles. The topological polar surface area (TPSA) is 86.9 Å². The van der Waals surface area contributed by atoms with Gasteiger partial charge < -0.3 is 15.6 Å². The van der Waals surface area contributed by atoms with Crippen molar-refractivity contribution in [2.45, 2.75) is 34.2 Å². The van der Waals surface area contributed by atoms with Gasteiger partial charge in [-0.1, -0.05) is 50.6 Å². The van der Waals surface area contributed by atoms with Gasteiger partial charge in [0.05, 0.1) is 17.4 Å². The zero-order valence-corrected chi connectivity index (χ0v) is 16.0. The maximum atomic E-state index is 12.6. The van der Waals surface area contributed by atoms with Crippen LogP contribution in [0.25, 0.3) is 11.0 Å². The second-order valence-corrected chi connectivity index (χ2v) is 7.70. The number of nitrogens with one attached hydrogen (secondary N) is 3. The Morgan fingerprint density at radius 2 is 1.96 bits per heavy atom. The average molecular weight is 364 g/mol. The fourth-order valence-electron chi connectivity index (χ4n) is 2.68. The van der Waals surface area contributed by atoms with E-state index in [0.29, 0.717) is 28.8 Å². The highest BCUT2D eigenvalue weighted by atomic mass is 16.2. The molecule has 0 radical (unpaired) electrons. The quantitative estimate of drug-likeness (QED) is 0.658. The molecule has 2 aromatic heterocycles. The first-order valence-corrected chi connectivity index (χ1v) is 8.86. The third kappa shape index (κ3) is 4.34. The van der Waals surface area contributed by atoms with Crippen molar-refractivity contribution in [2.75, 3.05) is 5.32 Å². The normalized spacial score (nSPS) is 11.4. The molecule has 140 valence electrons. The molecule has 27 heavy (non-hydrogen) atoms. The Balaban J connectivity index is 1.78. The summed E-state index contributed by atoms with van der Waals surface area (Å²) in [7, 11) is 0. The molecular formula is C21H24N4O2. The Morgan fingerprint density at radius 3 is 2.67 bits per heavy atom. The Morgan fingerprint density at radius 1 is 1.19 bits per heavy atom. The van der Waals surface area contributed by atoms with Crippen LogP contribution in [0.5, 0.6) is 0 Å². The minimum absolute atomic E-state index is 0.107. The third-order valence-corrected chi connectivity index (χ3v) is 4.25. The van der Waals surface area contributed by atoms with E-state index in [2.05, 4.69) is 20.6 Å². The lowest BCUT2D eigenvalue weighted by atomic mass is 9.95. The van der Waals surface area contributed by atoms with E-state index in [-0.39, 0.29) is 11.8 Å². The van der Waals surface area contributed by atoms with Gasteiger partial charge in [-0.05, 0) is 18.6 Å². The number of hydrogen-bond acceptors (Lipinski definition) is 3. The van der Waals surface area contributed by atoms with E-state index in [1.165, 1.54) is 0 Å². The Bertz CT molecular complexity index is 999. The van der Waals surface area contributed by atoms with Crippen LogP contribution in [-0.2, 0) is 11.3 Å². The van der Waals surface area contributed by atoms with Gasteiger partial charge in [0, 0.05) is 23.5 Å². The van der Waals surface area contributed by atoms with E-state index in [0.717, 1.165) is 11.1 Å². The molecule has 6 heteroatoms. The number of pyridine rings is 1. The maximum absolute atomic E-state index is 12.6. The molecule has 0 spiro atoms. The molecule has 3 aromatic rings. The van der Waals surface area contributed by atoms with Crippen molar-refractivity contribution in [2.24, 2.45) is 5.41 Å². The number of aryl methyl sites for hydroxylation is 1. The molecule has 1 aromatic carbocycles. The Hall–Kier alpha value is -3.15. The first-order chi connectivity index (χ1) is 12.7. The summed E-state index contributed by atoms with van der Waals surface area (Å²) in [5.41, 5.74) is 3.34. The van der Waals surface area contributed by atoms with Gasteiger partial charge >= 0.3 is 0 Å². The van der Waals surface area contributed by atoms with Crippen molar-refractivity contribution >= 4 is 28.5 Å². The van der Waals surface area contributed by atoms with Crippen molar-refractivity contribution in [3.63, 3.8) is 0 Å². The molecule has 3 rings (SSSR count). The largest absolute Gasteiger partial charge is 0.348 e. The number of aromatic amines is 1. The standard InChI is InChI=1S/C21H24N4O2/c1-13-6-5-7-14(8-13)10-24-19(26)17-12-23-18-16(17)9-15(11-22-18)25-20(27)21(2,3)4/h5-9,11-12H,10H2,1-4H3,(H,22,23)(H,24,26)(H,25,27). The predicted octanol–water partition coefficient (Wildman–Crippen LogP) is 3.79. The average Bonchev–Trinajstić information content (AvgIpc) is 3.02. The number of benzene rings is 1. The zero-order chi connectivity index (χ0) is 19.6. The van der Waals surface area contributed by atoms with Crippen LogP contribution in [-0.4, -0.2) is 21.8 Å². The zero-order valence-electron chi connectivity index (χ0n) is 16.0. The van der Waals surface area contributed by atoms with Gasteiger partial charge in [0.15, 0.2) is 0 Å². The summed E-state index contributed by atoms with van der Waals surface area (Å²) in [6.07, 6.45) is 3.22. The van der Waals surface area contributed by atoms with Crippen LogP contribution >= 0.6 is 0 Å². The lowest BCUT2D eigenvalue weighted by Gasteiger charge is -2.17. The summed E-state index contributed by atoms with van der Waals surface area (Å²) in [6, 6.07) is 9.77. The number of nitrogens with zero attached hydrogens (tertiary/aromatic N) is 1. The smallest absolute Gasteiger partial charge is 0.253 e. The van der Waals surface area contributed by atoms with Crippen LogP contribution in [0.1, 0.15) is 42.3 Å². The SMILES string of the molecule is Cc1cccc(CNC(=O)c2c[nH]c3ncc(NC(=O)C(C)(C)C)cc23)c1. The first kappa shape index (κ1) is 18.6. The van der Waals surface area contributed by atoms with Crippen molar-refractivity contribution in [3.8, 4) is 0 Å². The van der Waals surface area contributed by atoms with Gasteiger partial charge in [-0.2, -0.15) is 0 Å². The van der Waals surface area contributed by atoms with Crippen LogP contribution < -0.4 is 10.6 Å². The van der Waals surface area contributed by atoms with Crippen molar-refractivity contribution in [3.05, 3.63) is 59.4 Å². The highest BCUT2D eigenvalue weighted by Gasteiger charge is 2.22. The minimum atomic E-state index is -0.513. The highest BCUT2D eigenvalue weighted by Crippen LogP contribution is 2.22. The molecule has 0 aliphatic carbocycles. The van der Waals surface area contributed by atoms with Crippen LogP contribution in [0, 0.1) is 12.3 Å². The summed E-state index contributed by atoms with van der Waals surface area (Å²) in [6.45, 7) is 7.99. The number of anilines is 1. The monoisotopic (exact) mass is 364 g/mol. The second-order valence-electron chi connectivity index (χ2n) is 7.70. The molecular weight excluding hydrogens is 340 g/mol. The number of hydrogen-bond donors (Lipinski definition) is 3. The van der Waals surface area contributed by atoms with E-state index in [1.807, 2.05) is 52.0 Å². The molecule has 6 nitrogen and oxygen atoms in total. The number of aromatic nitrogens is 2. The summed E-state index contributed by atoms with van der Waals surface area (Å²) in [5, 5.41) is 6.45. The van der Waals surface area contributed by atoms with Crippen LogP contribution in [0.4, 0.5) is 5.69 Å². The second kappa shape index (κ2) is 7.23. The molecule has 0 aliphatic rings. The fraction of sp³-hybridized carbons (Fsp3) is 0.286. The Kier molecular flexibility index (Phi) is 4.99. The van der Waals surface area contributed by atoms with Crippen LogP contribution in [0.2, 0.25) is 0 Å². The summed E-state index contributed by atoms with van der Waals surface area (Å²) in [4.78, 5) is 32.1. The van der Waals surface area contributed by atoms with Crippen LogP contribution in [0.15, 0.2) is 42.7 Å². The summed E-state index contributed by atoms with van der Waals surface area (Å²) < 4.78 is 0. The van der Waals surface area contributed by atoms with Crippen molar-refractivity contribution < 1.29 is 9.59 Å². The van der Waals surface area contributed by atoms with E-state index in [9.17, 15) is 9.59 Å². The predicted molar refractivity (Wildman–Crippen MR) is 107 cm³/mol. The number of carbonyl (C=O) groups excluding carboxylic acids is 2. The number of rotatable bonds is 4. The van der Waals surface area contributed by atoms with Gasteiger partial charge in [-0.15, -0.1) is 0 Å². The number of fused-ring (bicyclic) bond motifs is 1. The molecule has 0 atom stereocenters. The van der Waals surface area contributed by atoms with Crippen LogP contribution in [0.3, 0.4) is 0 Å². The fourth-order valence-corrected chi connectivity index (χ4v) is 2.68. The third-order valence-electron chi connectivity index (χ3n) is 4.25. The van der Waals surface area contributed by atoms with Gasteiger partial charge in [-0.25, -0.2) is 4.98 Å². The number of carbonyl (C=O) groups is 2. The molecule has 0 saturated heterocycles. The molecule has 2 amide bonds. The van der Waals surface area contributed by atoms with Gasteiger partial charge in [-0.3, -0.25) is 9.59 Å². The minimum Gasteiger partial charge on any atom is -0.348 e. The lowest BCUT2D eigenvalue weighted by molar-refractivity contribution is -0.123. The summed E-state index contributed by atoms with van der Waals surface area (Å²) in [5.74, 6) is -0.298. The van der Waals surface area contributed by atoms with Gasteiger partial charge in [0.25, 0.3) is 5.91 Å². The maximum Gasteiger partial charge on any atom is 0.253 e. The van der Waals surface area contributed by atoms with Crippen molar-refractivity contribution in [1.29, 1.82) is 0 Å². The Labute approximate surface area is 158 Å². The van der Waals surface area contributed by atoms with E-state index < -0.39 is 5.41 Å². The van der Waals surface area contributed by atoms with Crippen molar-refractivity contribution in [1.82, 2.24) is 15.3 Å². The molecule has 0 fully saturated rings. The van der Waals surface area contributed by atoms with E-state index in [4.69, 9.17) is 0 Å². The van der Waals surface area contributed by atoms with E-state index in [1.54, 1.807) is 18.5 Å². The van der Waals surface area contributed by atoms with E-state index >= 15 is 0 Å². The van der Waals surface area contributed by atoms with Gasteiger partial charge in [0.2, 0.25) is 5.91 Å². The lowest BCUT2D eigenvalue weighted by Crippen LogP contribution is -2.27. The molecule has 2 heterocycles.